The highest BCUT2D eigenvalue weighted by molar-refractivity contribution is 6.08. The van der Waals surface area contributed by atoms with E-state index >= 15 is 0 Å². The number of hydrogen-bond donors (Lipinski definition) is 1. The van der Waals surface area contributed by atoms with Crippen molar-refractivity contribution in [1.29, 1.82) is 0 Å². The topological polar surface area (TPSA) is 56.7 Å². The maximum Gasteiger partial charge on any atom is 0.335 e. The van der Waals surface area contributed by atoms with Crippen LogP contribution >= 0.6 is 0 Å². The Balaban J connectivity index is 0.000000259. The van der Waals surface area contributed by atoms with Crippen LogP contribution in [0.3, 0.4) is 0 Å². The summed E-state index contributed by atoms with van der Waals surface area (Å²) in [6.07, 6.45) is 3.90. The highest BCUT2D eigenvalue weighted by atomic mass is 16.4. The van der Waals surface area contributed by atoms with Crippen molar-refractivity contribution >= 4 is 49.8 Å². The number of carboxylic acid groups (broad SMARTS) is 1. The van der Waals surface area contributed by atoms with Crippen molar-refractivity contribution in [2.24, 2.45) is 5.41 Å². The third-order valence-electron chi connectivity index (χ3n) is 11.6. The zero-order chi connectivity index (χ0) is 36.7. The molecule has 2 aliphatic rings. The van der Waals surface area contributed by atoms with Crippen LogP contribution in [-0.4, -0.2) is 42.2 Å². The number of benzene rings is 6. The summed E-state index contributed by atoms with van der Waals surface area (Å²) in [5, 5.41) is 15.1. The van der Waals surface area contributed by atoms with Gasteiger partial charge in [-0.2, -0.15) is 0 Å². The van der Waals surface area contributed by atoms with E-state index in [1.54, 1.807) is 36.0 Å². The molecule has 0 bridgehead atoms. The normalized spacial score (nSPS) is 16.6. The van der Waals surface area contributed by atoms with Crippen LogP contribution < -0.4 is 9.80 Å². The van der Waals surface area contributed by atoms with E-state index in [1.807, 2.05) is 6.07 Å². The minimum absolute atomic E-state index is 0.188. The molecule has 1 aromatic heterocycles. The summed E-state index contributed by atoms with van der Waals surface area (Å²) in [6, 6.07) is 43.1. The molecule has 0 spiro atoms. The van der Waals surface area contributed by atoms with E-state index in [1.165, 1.54) is 55.2 Å². The van der Waals surface area contributed by atoms with Crippen LogP contribution in [0.1, 0.15) is 57.9 Å². The van der Waals surface area contributed by atoms with Crippen molar-refractivity contribution in [3.8, 4) is 0 Å². The van der Waals surface area contributed by atoms with Gasteiger partial charge in [0.25, 0.3) is 0 Å². The van der Waals surface area contributed by atoms with Crippen LogP contribution in [0.5, 0.6) is 0 Å². The second-order valence-corrected chi connectivity index (χ2v) is 15.6. The third-order valence-corrected chi connectivity index (χ3v) is 11.6. The van der Waals surface area contributed by atoms with E-state index in [0.29, 0.717) is 11.5 Å². The Morgan fingerprint density at radius 1 is 0.717 bits per heavy atom. The lowest BCUT2D eigenvalue weighted by Crippen LogP contribution is -2.46. The number of fused-ring (bicyclic) bond motifs is 6. The zero-order valence-electron chi connectivity index (χ0n) is 31.1. The van der Waals surface area contributed by atoms with Gasteiger partial charge in [-0.25, -0.2) is 4.79 Å². The molecular formula is C48H47N3O2. The molecule has 1 N–H and O–H groups in total. The number of aromatic nitrogens is 1. The molecule has 1 unspecified atom stereocenters. The van der Waals surface area contributed by atoms with Gasteiger partial charge in [-0.05, 0) is 124 Å². The number of hydrogen-bond acceptors (Lipinski definition) is 4. The average Bonchev–Trinajstić information content (AvgIpc) is 3.17. The molecule has 7 aromatic rings. The van der Waals surface area contributed by atoms with Crippen LogP contribution in [0, 0.1) is 19.3 Å². The van der Waals surface area contributed by atoms with E-state index in [4.69, 9.17) is 5.11 Å². The SMILES string of the molecule is Cc1ccc(N2CCN(c3cccc(C4Cc5ccc6c(ccc7ccccc76)c5CC4(C)C)c3)CC2)c(C)c1.O=C(O)c1ccc2ncccc2c1. The second-order valence-electron chi connectivity index (χ2n) is 15.6. The predicted molar refractivity (Wildman–Crippen MR) is 221 cm³/mol. The fourth-order valence-electron chi connectivity index (χ4n) is 8.75. The van der Waals surface area contributed by atoms with Gasteiger partial charge in [0.15, 0.2) is 0 Å². The molecule has 6 aromatic carbocycles. The molecule has 2 heterocycles. The number of anilines is 2. The van der Waals surface area contributed by atoms with Gasteiger partial charge in [0.05, 0.1) is 11.1 Å². The van der Waals surface area contributed by atoms with Gasteiger partial charge < -0.3 is 14.9 Å². The molecule has 9 rings (SSSR count). The fraction of sp³-hybridized carbons (Fsp3) is 0.250. The number of rotatable bonds is 4. The summed E-state index contributed by atoms with van der Waals surface area (Å²) < 4.78 is 0. The Morgan fingerprint density at radius 3 is 2.30 bits per heavy atom. The molecule has 1 fully saturated rings. The molecule has 0 saturated carbocycles. The van der Waals surface area contributed by atoms with Crippen LogP contribution in [-0.2, 0) is 12.8 Å². The van der Waals surface area contributed by atoms with E-state index in [2.05, 4.69) is 133 Å². The molecule has 53 heavy (non-hydrogen) atoms. The Labute approximate surface area is 312 Å². The quantitative estimate of drug-likeness (QED) is 0.186. The number of aryl methyl sites for hydroxylation is 2. The summed E-state index contributed by atoms with van der Waals surface area (Å²) in [7, 11) is 0. The van der Waals surface area contributed by atoms with E-state index in [0.717, 1.165) is 49.9 Å². The van der Waals surface area contributed by atoms with Gasteiger partial charge in [0.2, 0.25) is 0 Å². The average molecular weight is 698 g/mol. The van der Waals surface area contributed by atoms with Crippen LogP contribution in [0.2, 0.25) is 0 Å². The van der Waals surface area contributed by atoms with Crippen LogP contribution in [0.15, 0.2) is 128 Å². The van der Waals surface area contributed by atoms with Crippen molar-refractivity contribution in [2.75, 3.05) is 36.0 Å². The Morgan fingerprint density at radius 2 is 1.49 bits per heavy atom. The molecule has 1 aliphatic heterocycles. The molecule has 5 heteroatoms. The highest BCUT2D eigenvalue weighted by Crippen LogP contribution is 2.48. The second kappa shape index (κ2) is 14.0. The molecule has 1 aliphatic carbocycles. The largest absolute Gasteiger partial charge is 0.478 e. The number of aromatic carboxylic acids is 1. The van der Waals surface area contributed by atoms with E-state index in [9.17, 15) is 4.79 Å². The van der Waals surface area contributed by atoms with Gasteiger partial charge in [-0.1, -0.05) is 98.3 Å². The molecule has 5 nitrogen and oxygen atoms in total. The van der Waals surface area contributed by atoms with Crippen molar-refractivity contribution < 1.29 is 9.90 Å². The molecule has 1 saturated heterocycles. The highest BCUT2D eigenvalue weighted by Gasteiger charge is 2.37. The molecule has 1 atom stereocenters. The monoisotopic (exact) mass is 697 g/mol. The van der Waals surface area contributed by atoms with Gasteiger partial charge in [-0.3, -0.25) is 4.98 Å². The summed E-state index contributed by atoms with van der Waals surface area (Å²) >= 11 is 0. The van der Waals surface area contributed by atoms with Crippen molar-refractivity contribution in [3.63, 3.8) is 0 Å². The first-order chi connectivity index (χ1) is 25.6. The lowest BCUT2D eigenvalue weighted by molar-refractivity contribution is 0.0697. The Hall–Kier alpha value is -5.68. The first-order valence-electron chi connectivity index (χ1n) is 18.8. The number of piperazine rings is 1. The van der Waals surface area contributed by atoms with Crippen LogP contribution in [0.4, 0.5) is 11.4 Å². The van der Waals surface area contributed by atoms with E-state index < -0.39 is 5.97 Å². The Kier molecular flexibility index (Phi) is 9.11. The fourth-order valence-corrected chi connectivity index (χ4v) is 8.75. The summed E-state index contributed by atoms with van der Waals surface area (Å²) in [4.78, 5) is 19.9. The minimum atomic E-state index is -0.911. The number of pyridine rings is 1. The van der Waals surface area contributed by atoms with Gasteiger partial charge in [-0.15, -0.1) is 0 Å². The smallest absolute Gasteiger partial charge is 0.335 e. The zero-order valence-corrected chi connectivity index (χ0v) is 31.1. The standard InChI is InChI=1S/C38H40N2.C10H7NO2/c1-26-12-17-37(27(2)22-26)40-20-18-39(19-21-40)31-10-7-9-30(23-31)36-24-29-14-16-33-32-11-6-5-8-28(32)13-15-34(33)35(29)25-38(36,3)4;12-10(13)8-3-4-9-7(6-8)2-1-5-11-9/h5-17,22-23,36H,18-21,24-25H2,1-4H3;1-6H,(H,12,13). The summed E-state index contributed by atoms with van der Waals surface area (Å²) in [5.74, 6) is -0.403. The number of carboxylic acids is 1. The summed E-state index contributed by atoms with van der Waals surface area (Å²) in [5.41, 5.74) is 11.4. The van der Waals surface area contributed by atoms with E-state index in [-0.39, 0.29) is 5.41 Å². The lowest BCUT2D eigenvalue weighted by atomic mass is 9.63. The maximum absolute atomic E-state index is 10.6. The van der Waals surface area contributed by atoms with Crippen molar-refractivity contribution in [2.45, 2.75) is 46.5 Å². The number of nitrogens with zero attached hydrogens (tertiary/aromatic N) is 3. The third kappa shape index (κ3) is 6.84. The van der Waals surface area contributed by atoms with Gasteiger partial charge >= 0.3 is 5.97 Å². The molecule has 266 valence electrons. The molecule has 0 amide bonds. The molecular weight excluding hydrogens is 651 g/mol. The predicted octanol–water partition coefficient (Wildman–Crippen LogP) is 10.8. The Bertz CT molecular complexity index is 2480. The van der Waals surface area contributed by atoms with Crippen molar-refractivity contribution in [3.05, 3.63) is 161 Å². The lowest BCUT2D eigenvalue weighted by Gasteiger charge is -2.42. The van der Waals surface area contributed by atoms with Crippen molar-refractivity contribution in [1.82, 2.24) is 4.98 Å². The first kappa shape index (κ1) is 34.4. The van der Waals surface area contributed by atoms with Crippen LogP contribution in [0.25, 0.3) is 32.4 Å². The van der Waals surface area contributed by atoms with Gasteiger partial charge in [0, 0.05) is 49.1 Å². The number of carbonyl (C=O) groups is 1. The minimum Gasteiger partial charge on any atom is -0.478 e. The maximum atomic E-state index is 10.6. The van der Waals surface area contributed by atoms with Gasteiger partial charge in [0.1, 0.15) is 0 Å². The molecule has 0 radical (unpaired) electrons. The summed E-state index contributed by atoms with van der Waals surface area (Å²) in [6.45, 7) is 13.6. The first-order valence-corrected chi connectivity index (χ1v) is 18.8.